The summed E-state index contributed by atoms with van der Waals surface area (Å²) in [6, 6.07) is 0. The van der Waals surface area contributed by atoms with Crippen molar-refractivity contribution in [1.82, 2.24) is 0 Å². The predicted molar refractivity (Wildman–Crippen MR) is 84.8 cm³/mol. The van der Waals surface area contributed by atoms with Crippen molar-refractivity contribution < 1.29 is 0 Å². The number of hydrogen-bond donors (Lipinski definition) is 0. The van der Waals surface area contributed by atoms with Gasteiger partial charge < -0.3 is 0 Å². The minimum atomic E-state index is 0.123. The zero-order chi connectivity index (χ0) is 15.2. The monoisotopic (exact) mass is 252 g/mol. The SMILES string of the molecule is C=C(C(C)(C)C(C)(C)C)C(C)(C)C(C)(C)C(C)C. The van der Waals surface area contributed by atoms with Crippen LogP contribution in [0.3, 0.4) is 0 Å². The summed E-state index contributed by atoms with van der Waals surface area (Å²) in [7, 11) is 0. The highest BCUT2D eigenvalue weighted by molar-refractivity contribution is 5.22. The first-order chi connectivity index (χ1) is 7.60. The fourth-order valence-electron chi connectivity index (χ4n) is 2.34. The van der Waals surface area contributed by atoms with Gasteiger partial charge in [-0.1, -0.05) is 88.3 Å². The third-order valence-electron chi connectivity index (χ3n) is 6.44. The first-order valence-corrected chi connectivity index (χ1v) is 7.30. The minimum absolute atomic E-state index is 0.123. The minimum Gasteiger partial charge on any atom is -0.0987 e. The molecule has 0 aliphatic heterocycles. The van der Waals surface area contributed by atoms with Crippen LogP contribution in [0.15, 0.2) is 12.2 Å². The summed E-state index contributed by atoms with van der Waals surface area (Å²) >= 11 is 0. The Kier molecular flexibility index (Phi) is 4.62. The average molecular weight is 252 g/mol. The quantitative estimate of drug-likeness (QED) is 0.513. The van der Waals surface area contributed by atoms with E-state index in [1.54, 1.807) is 0 Å². The van der Waals surface area contributed by atoms with Crippen LogP contribution in [0.2, 0.25) is 0 Å². The lowest BCUT2D eigenvalue weighted by Crippen LogP contribution is -2.45. The largest absolute Gasteiger partial charge is 0.0987 e. The third kappa shape index (κ3) is 2.68. The zero-order valence-electron chi connectivity index (χ0n) is 14.8. The van der Waals surface area contributed by atoms with Gasteiger partial charge in [0.15, 0.2) is 0 Å². The molecule has 0 radical (unpaired) electrons. The molecule has 0 unspecified atom stereocenters. The maximum absolute atomic E-state index is 4.51. The van der Waals surface area contributed by atoms with E-state index in [0.717, 1.165) is 0 Å². The summed E-state index contributed by atoms with van der Waals surface area (Å²) in [6.45, 7) is 30.3. The molecule has 18 heavy (non-hydrogen) atoms. The van der Waals surface area contributed by atoms with Crippen LogP contribution >= 0.6 is 0 Å². The molecule has 0 spiro atoms. The molecule has 108 valence electrons. The van der Waals surface area contributed by atoms with Gasteiger partial charge in [0, 0.05) is 0 Å². The number of rotatable bonds is 4. The zero-order valence-corrected chi connectivity index (χ0v) is 14.8. The highest BCUT2D eigenvalue weighted by Gasteiger charge is 2.48. The fourth-order valence-corrected chi connectivity index (χ4v) is 2.34. The summed E-state index contributed by atoms with van der Waals surface area (Å²) in [5.74, 6) is 0.639. The molecule has 0 nitrogen and oxygen atoms in total. The van der Waals surface area contributed by atoms with Gasteiger partial charge in [-0.3, -0.25) is 0 Å². The van der Waals surface area contributed by atoms with Crippen molar-refractivity contribution in [3.05, 3.63) is 12.2 Å². The van der Waals surface area contributed by atoms with Crippen LogP contribution in [0.4, 0.5) is 0 Å². The standard InChI is InChI=1S/C18H36/c1-13(2)16(7,8)18(11,12)14(3)17(9,10)15(4,5)6/h13H,3H2,1-2,4-12H3. The Balaban J connectivity index is 5.60. The molecule has 0 aliphatic rings. The Morgan fingerprint density at radius 2 is 1.06 bits per heavy atom. The molecule has 0 aromatic carbocycles. The molecule has 0 atom stereocenters. The molecular weight excluding hydrogens is 216 g/mol. The molecule has 0 saturated carbocycles. The first-order valence-electron chi connectivity index (χ1n) is 7.30. The molecular formula is C18H36. The van der Waals surface area contributed by atoms with Crippen LogP contribution in [-0.2, 0) is 0 Å². The molecule has 0 aliphatic carbocycles. The van der Waals surface area contributed by atoms with Gasteiger partial charge in [-0.05, 0) is 27.6 Å². The van der Waals surface area contributed by atoms with Crippen LogP contribution in [0, 0.1) is 27.6 Å². The molecule has 0 aromatic heterocycles. The lowest BCUT2D eigenvalue weighted by Gasteiger charge is -2.54. The van der Waals surface area contributed by atoms with Gasteiger partial charge in [-0.15, -0.1) is 0 Å². The Morgan fingerprint density at radius 1 is 0.722 bits per heavy atom. The van der Waals surface area contributed by atoms with E-state index in [1.165, 1.54) is 5.57 Å². The second kappa shape index (κ2) is 4.69. The van der Waals surface area contributed by atoms with Gasteiger partial charge in [0.1, 0.15) is 0 Å². The molecule has 0 heterocycles. The van der Waals surface area contributed by atoms with E-state index >= 15 is 0 Å². The lowest BCUT2D eigenvalue weighted by molar-refractivity contribution is 0.0448. The Morgan fingerprint density at radius 3 is 1.28 bits per heavy atom. The van der Waals surface area contributed by atoms with E-state index in [1.807, 2.05) is 0 Å². The third-order valence-corrected chi connectivity index (χ3v) is 6.44. The van der Waals surface area contributed by atoms with Crippen LogP contribution in [0.1, 0.15) is 76.2 Å². The van der Waals surface area contributed by atoms with Gasteiger partial charge in [0.05, 0.1) is 0 Å². The molecule has 0 bridgehead atoms. The average Bonchev–Trinajstić information content (AvgIpc) is 2.13. The fraction of sp³-hybridized carbons (Fsp3) is 0.889. The lowest BCUT2D eigenvalue weighted by atomic mass is 9.51. The predicted octanol–water partition coefficient (Wildman–Crippen LogP) is 6.32. The van der Waals surface area contributed by atoms with E-state index in [4.69, 9.17) is 0 Å². The van der Waals surface area contributed by atoms with Crippen LogP contribution in [0.25, 0.3) is 0 Å². The molecule has 0 saturated heterocycles. The van der Waals surface area contributed by atoms with Crippen molar-refractivity contribution >= 4 is 0 Å². The summed E-state index contributed by atoms with van der Waals surface area (Å²) < 4.78 is 0. The van der Waals surface area contributed by atoms with E-state index in [-0.39, 0.29) is 21.7 Å². The summed E-state index contributed by atoms with van der Waals surface area (Å²) in [6.07, 6.45) is 0. The van der Waals surface area contributed by atoms with E-state index in [9.17, 15) is 0 Å². The van der Waals surface area contributed by atoms with Crippen molar-refractivity contribution in [2.24, 2.45) is 27.6 Å². The Labute approximate surface area is 116 Å². The van der Waals surface area contributed by atoms with Gasteiger partial charge in [0.25, 0.3) is 0 Å². The van der Waals surface area contributed by atoms with Crippen LogP contribution in [-0.4, -0.2) is 0 Å². The summed E-state index contributed by atoms with van der Waals surface area (Å²) in [5.41, 5.74) is 2.10. The second-order valence-corrected chi connectivity index (χ2v) is 8.85. The smallest absolute Gasteiger partial charge is 0.00882 e. The van der Waals surface area contributed by atoms with Gasteiger partial charge in [0.2, 0.25) is 0 Å². The molecule has 0 heteroatoms. The maximum Gasteiger partial charge on any atom is -0.00882 e. The Bertz CT molecular complexity index is 305. The van der Waals surface area contributed by atoms with Gasteiger partial charge in [-0.25, -0.2) is 0 Å². The first kappa shape index (κ1) is 17.7. The van der Waals surface area contributed by atoms with Gasteiger partial charge in [-0.2, -0.15) is 0 Å². The number of allylic oxidation sites excluding steroid dienone is 1. The molecule has 0 N–H and O–H groups in total. The van der Waals surface area contributed by atoms with Crippen molar-refractivity contribution in [3.63, 3.8) is 0 Å². The molecule has 0 rings (SSSR count). The number of hydrogen-bond acceptors (Lipinski definition) is 0. The van der Waals surface area contributed by atoms with E-state index < -0.39 is 0 Å². The highest BCUT2D eigenvalue weighted by atomic mass is 14.5. The summed E-state index contributed by atoms with van der Waals surface area (Å²) in [4.78, 5) is 0. The van der Waals surface area contributed by atoms with Crippen molar-refractivity contribution in [3.8, 4) is 0 Å². The Hall–Kier alpha value is -0.260. The van der Waals surface area contributed by atoms with Crippen LogP contribution < -0.4 is 0 Å². The van der Waals surface area contributed by atoms with E-state index in [0.29, 0.717) is 5.92 Å². The van der Waals surface area contributed by atoms with Crippen molar-refractivity contribution in [2.75, 3.05) is 0 Å². The molecule has 0 aromatic rings. The van der Waals surface area contributed by atoms with Crippen LogP contribution in [0.5, 0.6) is 0 Å². The van der Waals surface area contributed by atoms with Crippen molar-refractivity contribution in [1.29, 1.82) is 0 Å². The maximum atomic E-state index is 4.51. The highest BCUT2D eigenvalue weighted by Crippen LogP contribution is 2.57. The van der Waals surface area contributed by atoms with Crippen molar-refractivity contribution in [2.45, 2.75) is 76.2 Å². The normalized spacial score (nSPS) is 15.1. The van der Waals surface area contributed by atoms with E-state index in [2.05, 4.69) is 82.7 Å². The topological polar surface area (TPSA) is 0 Å². The van der Waals surface area contributed by atoms with Gasteiger partial charge >= 0.3 is 0 Å². The second-order valence-electron chi connectivity index (χ2n) is 8.85. The molecule has 0 fully saturated rings. The molecule has 0 amide bonds. The summed E-state index contributed by atoms with van der Waals surface area (Å²) in [5, 5.41) is 0.